The van der Waals surface area contributed by atoms with Crippen LogP contribution in [-0.4, -0.2) is 29.0 Å². The molecule has 1 rings (SSSR count). The van der Waals surface area contributed by atoms with E-state index in [1.807, 2.05) is 4.72 Å². The highest BCUT2D eigenvalue weighted by atomic mass is 32.2. The van der Waals surface area contributed by atoms with E-state index < -0.39 is 23.8 Å². The molecule has 0 heterocycles. The largest absolute Gasteiger partial charge is 0.466 e. The van der Waals surface area contributed by atoms with Gasteiger partial charge in [0.1, 0.15) is 0 Å². The van der Waals surface area contributed by atoms with E-state index in [1.165, 1.54) is 24.3 Å². The number of nitrogens with two attached hydrogens (primary N) is 1. The molecule has 9 nitrogen and oxygen atoms in total. The molecule has 0 unspecified atom stereocenters. The molecule has 6 N–H and O–H groups in total. The van der Waals surface area contributed by atoms with Crippen LogP contribution in [0.5, 0.6) is 0 Å². The molecule has 0 aromatic heterocycles. The number of anilines is 1. The molecule has 0 aliphatic rings. The summed E-state index contributed by atoms with van der Waals surface area (Å²) in [6.07, 6.45) is 0. The molecule has 0 fully saturated rings. The number of sulfonamides is 1. The number of carbonyl (C=O) groups is 1. The SMILES string of the molecule is CC(=O)NS(=O)(=O)c1ccc(N)cc1.O=P(O)(O)O. The number of hydrogen-bond acceptors (Lipinski definition) is 5. The van der Waals surface area contributed by atoms with Crippen molar-refractivity contribution in [2.24, 2.45) is 0 Å². The van der Waals surface area contributed by atoms with Crippen molar-refractivity contribution in [3.63, 3.8) is 0 Å². The Labute approximate surface area is 109 Å². The summed E-state index contributed by atoms with van der Waals surface area (Å²) in [6.45, 7) is 1.13. The maximum absolute atomic E-state index is 11.4. The van der Waals surface area contributed by atoms with Gasteiger partial charge in [0.05, 0.1) is 4.90 Å². The van der Waals surface area contributed by atoms with Crippen LogP contribution in [0.25, 0.3) is 0 Å². The molecule has 108 valence electrons. The molecule has 0 saturated carbocycles. The molecule has 0 spiro atoms. The van der Waals surface area contributed by atoms with Gasteiger partial charge >= 0.3 is 7.82 Å². The molecule has 11 heteroatoms. The molecule has 0 atom stereocenters. The van der Waals surface area contributed by atoms with Gasteiger partial charge < -0.3 is 20.4 Å². The number of carbonyl (C=O) groups excluding carboxylic acids is 1. The van der Waals surface area contributed by atoms with Crippen molar-refractivity contribution in [3.05, 3.63) is 24.3 Å². The van der Waals surface area contributed by atoms with Gasteiger partial charge in [-0.3, -0.25) is 4.79 Å². The number of hydrogen-bond donors (Lipinski definition) is 5. The fourth-order valence-electron chi connectivity index (χ4n) is 0.895. The van der Waals surface area contributed by atoms with Gasteiger partial charge in [-0.15, -0.1) is 0 Å². The van der Waals surface area contributed by atoms with Crippen LogP contribution in [0.15, 0.2) is 29.2 Å². The summed E-state index contributed by atoms with van der Waals surface area (Å²) < 4.78 is 33.5. The first-order chi connectivity index (χ1) is 8.42. The van der Waals surface area contributed by atoms with Crippen LogP contribution < -0.4 is 10.5 Å². The highest BCUT2D eigenvalue weighted by molar-refractivity contribution is 7.90. The molecule has 0 saturated heterocycles. The van der Waals surface area contributed by atoms with Crippen LogP contribution >= 0.6 is 7.82 Å². The Morgan fingerprint density at radius 3 is 1.89 bits per heavy atom. The Kier molecular flexibility index (Phi) is 6.13. The van der Waals surface area contributed by atoms with E-state index in [9.17, 15) is 13.2 Å². The third-order valence-electron chi connectivity index (χ3n) is 1.47. The lowest BCUT2D eigenvalue weighted by Crippen LogP contribution is -2.28. The molecular weight excluding hydrogens is 299 g/mol. The Bertz CT molecular complexity index is 569. The molecular formula is C8H13N2O7PS. The van der Waals surface area contributed by atoms with Crippen LogP contribution in [0.1, 0.15) is 6.92 Å². The summed E-state index contributed by atoms with van der Waals surface area (Å²) in [7, 11) is -8.37. The second-order valence-electron chi connectivity index (χ2n) is 3.24. The van der Waals surface area contributed by atoms with Crippen LogP contribution in [0, 0.1) is 0 Å². The second-order valence-corrected chi connectivity index (χ2v) is 5.95. The lowest BCUT2D eigenvalue weighted by molar-refractivity contribution is -0.117. The fraction of sp³-hybridized carbons (Fsp3) is 0.125. The van der Waals surface area contributed by atoms with Gasteiger partial charge in [-0.05, 0) is 24.3 Å². The van der Waals surface area contributed by atoms with E-state index in [4.69, 9.17) is 25.0 Å². The van der Waals surface area contributed by atoms with E-state index >= 15 is 0 Å². The highest BCUT2D eigenvalue weighted by Gasteiger charge is 2.14. The number of benzene rings is 1. The van der Waals surface area contributed by atoms with Crippen molar-refractivity contribution in [2.45, 2.75) is 11.8 Å². The number of amides is 1. The quantitative estimate of drug-likeness (QED) is 0.348. The molecule has 19 heavy (non-hydrogen) atoms. The van der Waals surface area contributed by atoms with Gasteiger partial charge in [-0.1, -0.05) is 0 Å². The average Bonchev–Trinajstić information content (AvgIpc) is 2.13. The van der Waals surface area contributed by atoms with E-state index in [-0.39, 0.29) is 4.90 Å². The summed E-state index contributed by atoms with van der Waals surface area (Å²) in [5.74, 6) is -0.623. The predicted octanol–water partition coefficient (Wildman–Crippen LogP) is -0.835. The van der Waals surface area contributed by atoms with Gasteiger partial charge in [0.15, 0.2) is 0 Å². The van der Waals surface area contributed by atoms with Crippen molar-refractivity contribution in [1.29, 1.82) is 0 Å². The van der Waals surface area contributed by atoms with Crippen molar-refractivity contribution in [1.82, 2.24) is 4.72 Å². The van der Waals surface area contributed by atoms with Crippen molar-refractivity contribution < 1.29 is 32.5 Å². The normalized spacial score (nSPS) is 11.2. The first-order valence-electron chi connectivity index (χ1n) is 4.59. The minimum absolute atomic E-state index is 0.0156. The number of rotatable bonds is 2. The Hall–Kier alpha value is -1.45. The van der Waals surface area contributed by atoms with E-state index in [1.54, 1.807) is 0 Å². The zero-order valence-electron chi connectivity index (χ0n) is 9.72. The zero-order valence-corrected chi connectivity index (χ0v) is 11.4. The smallest absolute Gasteiger partial charge is 0.399 e. The zero-order chi connectivity index (χ0) is 15.3. The molecule has 0 radical (unpaired) electrons. The molecule has 0 aliphatic carbocycles. The Morgan fingerprint density at radius 1 is 1.21 bits per heavy atom. The van der Waals surface area contributed by atoms with Gasteiger partial charge in [-0.2, -0.15) is 0 Å². The van der Waals surface area contributed by atoms with Crippen molar-refractivity contribution in [2.75, 3.05) is 5.73 Å². The number of nitrogens with one attached hydrogen (secondary N) is 1. The van der Waals surface area contributed by atoms with Crippen LogP contribution in [0.3, 0.4) is 0 Å². The van der Waals surface area contributed by atoms with E-state index in [0.717, 1.165) is 6.92 Å². The summed E-state index contributed by atoms with van der Waals surface area (Å²) in [5.41, 5.74) is 5.85. The van der Waals surface area contributed by atoms with Gasteiger partial charge in [0.25, 0.3) is 10.0 Å². The first kappa shape index (κ1) is 17.6. The van der Waals surface area contributed by atoms with E-state index in [2.05, 4.69) is 0 Å². The van der Waals surface area contributed by atoms with Gasteiger partial charge in [0.2, 0.25) is 5.91 Å². The summed E-state index contributed by atoms with van der Waals surface area (Å²) >= 11 is 0. The maximum atomic E-state index is 11.4. The molecule has 0 aliphatic heterocycles. The van der Waals surface area contributed by atoms with Gasteiger partial charge in [0, 0.05) is 12.6 Å². The molecule has 0 bridgehead atoms. The van der Waals surface area contributed by atoms with Crippen molar-refractivity contribution in [3.8, 4) is 0 Å². The van der Waals surface area contributed by atoms with Crippen LogP contribution in [0.2, 0.25) is 0 Å². The summed E-state index contributed by atoms with van der Waals surface area (Å²) in [5, 5.41) is 0. The number of nitrogen functional groups attached to an aromatic ring is 1. The third-order valence-corrected chi connectivity index (χ3v) is 2.92. The minimum atomic E-state index is -4.64. The summed E-state index contributed by atoms with van der Waals surface area (Å²) in [4.78, 5) is 32.2. The van der Waals surface area contributed by atoms with E-state index in [0.29, 0.717) is 5.69 Å². The van der Waals surface area contributed by atoms with Gasteiger partial charge in [-0.25, -0.2) is 17.7 Å². The maximum Gasteiger partial charge on any atom is 0.466 e. The van der Waals surface area contributed by atoms with Crippen LogP contribution in [0.4, 0.5) is 5.69 Å². The first-order valence-corrected chi connectivity index (χ1v) is 7.64. The number of phosphoric acid groups is 1. The topological polar surface area (TPSA) is 167 Å². The molecule has 1 amide bonds. The monoisotopic (exact) mass is 312 g/mol. The second kappa shape index (κ2) is 6.64. The molecule has 1 aromatic carbocycles. The predicted molar refractivity (Wildman–Crippen MR) is 66.1 cm³/mol. The van der Waals surface area contributed by atoms with Crippen LogP contribution in [-0.2, 0) is 19.4 Å². The van der Waals surface area contributed by atoms with Crippen molar-refractivity contribution >= 4 is 29.4 Å². The lowest BCUT2D eigenvalue weighted by atomic mass is 10.3. The Morgan fingerprint density at radius 2 is 1.58 bits per heavy atom. The average molecular weight is 312 g/mol. The lowest BCUT2D eigenvalue weighted by Gasteiger charge is -2.04. The highest BCUT2D eigenvalue weighted by Crippen LogP contribution is 2.25. The Balaban J connectivity index is 0.000000555. The third kappa shape index (κ3) is 9.17. The molecule has 1 aromatic rings. The fourth-order valence-corrected chi connectivity index (χ4v) is 1.89. The standard InChI is InChI=1S/C8H10N2O3S.H3O4P/c1-6(11)10-14(12,13)8-4-2-7(9)3-5-8;1-5(2,3)4/h2-5H,9H2,1H3,(H,10,11);(H3,1,2,3,4). The summed E-state index contributed by atoms with van der Waals surface area (Å²) in [6, 6.07) is 5.57. The minimum Gasteiger partial charge on any atom is -0.399 e.